The minimum atomic E-state index is -0.175. The first-order valence-corrected chi connectivity index (χ1v) is 13.5. The maximum Gasteiger partial charge on any atom is 0.238 e. The van der Waals surface area contributed by atoms with Crippen molar-refractivity contribution >= 4 is 61.7 Å². The first-order chi connectivity index (χ1) is 17.0. The number of ether oxygens (including phenoxy) is 2. The van der Waals surface area contributed by atoms with E-state index in [4.69, 9.17) is 21.1 Å². The highest BCUT2D eigenvalue weighted by Gasteiger charge is 2.35. The number of halogens is 2. The van der Waals surface area contributed by atoms with Crippen LogP contribution in [0.25, 0.3) is 10.8 Å². The summed E-state index contributed by atoms with van der Waals surface area (Å²) in [6.07, 6.45) is 0. The Morgan fingerprint density at radius 3 is 2.60 bits per heavy atom. The van der Waals surface area contributed by atoms with Crippen molar-refractivity contribution in [2.75, 3.05) is 17.3 Å². The van der Waals surface area contributed by atoms with E-state index < -0.39 is 0 Å². The van der Waals surface area contributed by atoms with Crippen molar-refractivity contribution in [3.8, 4) is 11.5 Å². The molecule has 0 unspecified atom stereocenters. The van der Waals surface area contributed by atoms with Crippen molar-refractivity contribution in [3.05, 3.63) is 99.5 Å². The molecule has 1 saturated heterocycles. The number of nitrogens with zero attached hydrogens (tertiary/aromatic N) is 1. The summed E-state index contributed by atoms with van der Waals surface area (Å²) in [5.74, 6) is 1.77. The zero-order valence-corrected chi connectivity index (χ0v) is 22.2. The van der Waals surface area contributed by atoms with Crippen molar-refractivity contribution in [2.24, 2.45) is 0 Å². The third kappa shape index (κ3) is 5.01. The highest BCUT2D eigenvalue weighted by atomic mass is 79.9. The average Bonchev–Trinajstić information content (AvgIpc) is 3.25. The highest BCUT2D eigenvalue weighted by Crippen LogP contribution is 2.46. The van der Waals surface area contributed by atoms with Crippen molar-refractivity contribution in [1.29, 1.82) is 0 Å². The first-order valence-electron chi connectivity index (χ1n) is 11.3. The number of carbonyl (C=O) groups excluding carboxylic acids is 1. The molecule has 0 N–H and O–H groups in total. The van der Waals surface area contributed by atoms with Crippen LogP contribution in [-0.2, 0) is 11.4 Å². The molecule has 0 bridgehead atoms. The average molecular weight is 569 g/mol. The molecule has 0 saturated carbocycles. The molecule has 1 aliphatic rings. The molecule has 35 heavy (non-hydrogen) atoms. The predicted molar refractivity (Wildman–Crippen MR) is 148 cm³/mol. The molecule has 0 aromatic heterocycles. The molecular weight excluding hydrogens is 546 g/mol. The largest absolute Gasteiger partial charge is 0.490 e. The summed E-state index contributed by atoms with van der Waals surface area (Å²) in [5, 5.41) is 2.81. The number of fused-ring (bicyclic) bond motifs is 1. The Balaban J connectivity index is 1.46. The summed E-state index contributed by atoms with van der Waals surface area (Å²) >= 11 is 11.4. The summed E-state index contributed by atoms with van der Waals surface area (Å²) in [7, 11) is 0. The fourth-order valence-corrected chi connectivity index (χ4v) is 6.11. The third-order valence-electron chi connectivity index (χ3n) is 5.84. The van der Waals surface area contributed by atoms with Crippen molar-refractivity contribution < 1.29 is 14.3 Å². The zero-order chi connectivity index (χ0) is 24.4. The number of amides is 1. The molecule has 4 aromatic rings. The maximum atomic E-state index is 12.8. The van der Waals surface area contributed by atoms with Gasteiger partial charge in [-0.05, 0) is 81.2 Å². The number of thioether (sulfide) groups is 1. The molecular formula is C28H23BrClNO3S. The molecule has 7 heteroatoms. The molecule has 1 amide bonds. The molecule has 0 spiro atoms. The van der Waals surface area contributed by atoms with Crippen LogP contribution >= 0.6 is 39.3 Å². The predicted octanol–water partition coefficient (Wildman–Crippen LogP) is 8.01. The van der Waals surface area contributed by atoms with E-state index in [1.807, 2.05) is 54.3 Å². The van der Waals surface area contributed by atoms with E-state index in [1.54, 1.807) is 23.9 Å². The minimum absolute atomic E-state index is 0.0627. The smallest absolute Gasteiger partial charge is 0.238 e. The fraction of sp³-hybridized carbons (Fsp3) is 0.179. The van der Waals surface area contributed by atoms with E-state index in [-0.39, 0.29) is 11.3 Å². The number of benzene rings is 4. The van der Waals surface area contributed by atoms with Gasteiger partial charge in [0.25, 0.3) is 0 Å². The number of rotatable bonds is 7. The lowest BCUT2D eigenvalue weighted by Gasteiger charge is -2.25. The molecule has 4 aromatic carbocycles. The summed E-state index contributed by atoms with van der Waals surface area (Å²) in [4.78, 5) is 14.6. The highest BCUT2D eigenvalue weighted by molar-refractivity contribution is 9.10. The second kappa shape index (κ2) is 10.5. The number of anilines is 1. The van der Waals surface area contributed by atoms with Gasteiger partial charge in [-0.3, -0.25) is 9.69 Å². The van der Waals surface area contributed by atoms with E-state index in [2.05, 4.69) is 40.2 Å². The van der Waals surface area contributed by atoms with Gasteiger partial charge >= 0.3 is 0 Å². The number of hydrogen-bond donors (Lipinski definition) is 0. The lowest BCUT2D eigenvalue weighted by Crippen LogP contribution is -2.27. The lowest BCUT2D eigenvalue weighted by atomic mass is 10.1. The molecule has 0 aliphatic carbocycles. The van der Waals surface area contributed by atoms with Gasteiger partial charge in [0.1, 0.15) is 12.0 Å². The molecule has 1 fully saturated rings. The van der Waals surface area contributed by atoms with Crippen LogP contribution in [0.2, 0.25) is 5.02 Å². The first kappa shape index (κ1) is 24.0. The second-order valence-corrected chi connectivity index (χ2v) is 10.5. The Hall–Kier alpha value is -2.67. The van der Waals surface area contributed by atoms with Gasteiger partial charge in [0, 0.05) is 10.7 Å². The van der Waals surface area contributed by atoms with E-state index in [1.165, 1.54) is 10.8 Å². The summed E-state index contributed by atoms with van der Waals surface area (Å²) in [5.41, 5.74) is 2.88. The quantitative estimate of drug-likeness (QED) is 0.226. The van der Waals surface area contributed by atoms with Gasteiger partial charge in [0.05, 0.1) is 16.8 Å². The lowest BCUT2D eigenvalue weighted by molar-refractivity contribution is -0.115. The molecule has 0 radical (unpaired) electrons. The fourth-order valence-electron chi connectivity index (χ4n) is 4.25. The normalized spacial score (nSPS) is 15.6. The zero-order valence-electron chi connectivity index (χ0n) is 19.0. The Morgan fingerprint density at radius 1 is 1.03 bits per heavy atom. The molecule has 5 rings (SSSR count). The third-order valence-corrected chi connectivity index (χ3v) is 7.89. The Labute approximate surface area is 222 Å². The molecule has 178 valence electrons. The second-order valence-electron chi connectivity index (χ2n) is 8.09. The summed E-state index contributed by atoms with van der Waals surface area (Å²) in [6.45, 7) is 2.86. The standard InChI is InChI=1S/C28H23BrClNO3S/c1-2-33-25-15-20(28-31(26(32)17-35-28)22-12-10-21(30)11-13-22)14-24(29)27(25)34-16-19-8-5-7-18-6-3-4-9-23(18)19/h3-15,28H,2,16-17H2,1H3/t28-/m0/s1. The van der Waals surface area contributed by atoms with E-state index in [0.717, 1.165) is 21.3 Å². The summed E-state index contributed by atoms with van der Waals surface area (Å²) in [6, 6.07) is 25.8. The maximum absolute atomic E-state index is 12.8. The monoisotopic (exact) mass is 567 g/mol. The molecule has 4 nitrogen and oxygen atoms in total. The van der Waals surface area contributed by atoms with Gasteiger partial charge in [-0.15, -0.1) is 11.8 Å². The van der Waals surface area contributed by atoms with E-state index in [0.29, 0.717) is 35.5 Å². The van der Waals surface area contributed by atoms with Crippen LogP contribution < -0.4 is 14.4 Å². The summed E-state index contributed by atoms with van der Waals surface area (Å²) < 4.78 is 13.1. The van der Waals surface area contributed by atoms with Gasteiger partial charge < -0.3 is 9.47 Å². The Kier molecular flexibility index (Phi) is 7.23. The van der Waals surface area contributed by atoms with Gasteiger partial charge in [-0.1, -0.05) is 54.1 Å². The minimum Gasteiger partial charge on any atom is -0.490 e. The van der Waals surface area contributed by atoms with Crippen molar-refractivity contribution in [3.63, 3.8) is 0 Å². The van der Waals surface area contributed by atoms with Crippen molar-refractivity contribution in [1.82, 2.24) is 0 Å². The topological polar surface area (TPSA) is 38.8 Å². The molecule has 1 atom stereocenters. The van der Waals surface area contributed by atoms with Crippen LogP contribution in [0.4, 0.5) is 5.69 Å². The van der Waals surface area contributed by atoms with E-state index in [9.17, 15) is 4.79 Å². The van der Waals surface area contributed by atoms with Crippen LogP contribution in [0.5, 0.6) is 11.5 Å². The van der Waals surface area contributed by atoms with Crippen LogP contribution in [0.3, 0.4) is 0 Å². The van der Waals surface area contributed by atoms with Crippen molar-refractivity contribution in [2.45, 2.75) is 18.9 Å². The van der Waals surface area contributed by atoms with Crippen LogP contribution in [0.1, 0.15) is 23.4 Å². The Morgan fingerprint density at radius 2 is 1.80 bits per heavy atom. The van der Waals surface area contributed by atoms with Crippen LogP contribution in [0, 0.1) is 0 Å². The van der Waals surface area contributed by atoms with Crippen LogP contribution in [0.15, 0.2) is 83.3 Å². The van der Waals surface area contributed by atoms with Crippen LogP contribution in [-0.4, -0.2) is 18.3 Å². The van der Waals surface area contributed by atoms with Gasteiger partial charge in [-0.25, -0.2) is 0 Å². The van der Waals surface area contributed by atoms with Gasteiger partial charge in [-0.2, -0.15) is 0 Å². The SMILES string of the molecule is CCOc1cc([C@@H]2SCC(=O)N2c2ccc(Cl)cc2)cc(Br)c1OCc1cccc2ccccc12. The molecule has 1 aliphatic heterocycles. The van der Waals surface area contributed by atoms with Gasteiger partial charge in [0.15, 0.2) is 11.5 Å². The number of carbonyl (C=O) groups is 1. The Bertz CT molecular complexity index is 1370. The number of hydrogen-bond acceptors (Lipinski definition) is 4. The van der Waals surface area contributed by atoms with Gasteiger partial charge in [0.2, 0.25) is 5.91 Å². The van der Waals surface area contributed by atoms with E-state index >= 15 is 0 Å². The molecule has 1 heterocycles.